The van der Waals surface area contributed by atoms with Crippen LogP contribution in [0.15, 0.2) is 24.3 Å². The maximum atomic E-state index is 9.03. The average Bonchev–Trinajstić information content (AvgIpc) is 2.31. The highest BCUT2D eigenvalue weighted by molar-refractivity contribution is 9.09. The van der Waals surface area contributed by atoms with Gasteiger partial charge in [0.1, 0.15) is 0 Å². The van der Waals surface area contributed by atoms with E-state index in [4.69, 9.17) is 5.26 Å². The van der Waals surface area contributed by atoms with Crippen LogP contribution in [0.3, 0.4) is 0 Å². The van der Waals surface area contributed by atoms with Crippen molar-refractivity contribution in [2.45, 2.75) is 12.8 Å². The smallest absolute Gasteiger partial charge is 0.0999 e. The molecular formula is C12H10BrN3. The molecule has 0 fully saturated rings. The summed E-state index contributed by atoms with van der Waals surface area (Å²) in [6.07, 6.45) is 0. The van der Waals surface area contributed by atoms with E-state index in [1.807, 2.05) is 31.2 Å². The van der Waals surface area contributed by atoms with Crippen LogP contribution in [0.4, 0.5) is 0 Å². The van der Waals surface area contributed by atoms with Gasteiger partial charge in [0.25, 0.3) is 0 Å². The number of nitrogens with zero attached hydrogens (tertiary/aromatic N) is 3. The second-order valence-corrected chi connectivity index (χ2v) is 4.17. The number of rotatable bonds is 2. The Bertz CT molecular complexity index is 560. The molecule has 3 nitrogen and oxygen atoms in total. The normalized spacial score (nSPS) is 12.3. The van der Waals surface area contributed by atoms with E-state index in [2.05, 4.69) is 32.0 Å². The van der Waals surface area contributed by atoms with Gasteiger partial charge >= 0.3 is 0 Å². The highest BCUT2D eigenvalue weighted by Gasteiger charge is 2.15. The number of hydrogen-bond donors (Lipinski definition) is 0. The molecule has 2 rings (SSSR count). The molecule has 1 atom stereocenters. The molecule has 16 heavy (non-hydrogen) atoms. The summed E-state index contributed by atoms with van der Waals surface area (Å²) < 4.78 is 0. The van der Waals surface area contributed by atoms with Crippen molar-refractivity contribution >= 4 is 27.0 Å². The Morgan fingerprint density at radius 3 is 2.50 bits per heavy atom. The Hall–Kier alpha value is -1.47. The molecule has 0 N–H and O–H groups in total. The molecule has 0 radical (unpaired) electrons. The molecule has 1 aromatic carbocycles. The minimum Gasteiger partial charge on any atom is -0.250 e. The van der Waals surface area contributed by atoms with Gasteiger partial charge < -0.3 is 0 Å². The number of alkyl halides is 1. The number of para-hydroxylation sites is 2. The van der Waals surface area contributed by atoms with Crippen molar-refractivity contribution in [2.75, 3.05) is 5.33 Å². The molecule has 0 bridgehead atoms. The summed E-state index contributed by atoms with van der Waals surface area (Å²) in [5.74, 6) is -0.239. The van der Waals surface area contributed by atoms with Crippen LogP contribution in [0, 0.1) is 18.3 Å². The van der Waals surface area contributed by atoms with E-state index in [1.165, 1.54) is 0 Å². The summed E-state index contributed by atoms with van der Waals surface area (Å²) in [4.78, 5) is 8.96. The molecule has 0 spiro atoms. The molecule has 1 aromatic heterocycles. The zero-order chi connectivity index (χ0) is 11.5. The lowest BCUT2D eigenvalue weighted by Crippen LogP contribution is -2.05. The number of fused-ring (bicyclic) bond motifs is 1. The third-order valence-corrected chi connectivity index (χ3v) is 3.07. The minimum atomic E-state index is -0.239. The Labute approximate surface area is 102 Å². The molecule has 0 saturated heterocycles. The van der Waals surface area contributed by atoms with Crippen molar-refractivity contribution in [2.24, 2.45) is 0 Å². The second kappa shape index (κ2) is 4.58. The van der Waals surface area contributed by atoms with Crippen LogP contribution in [-0.2, 0) is 0 Å². The van der Waals surface area contributed by atoms with Crippen molar-refractivity contribution in [1.29, 1.82) is 5.26 Å². The van der Waals surface area contributed by atoms with Gasteiger partial charge in [0.2, 0.25) is 0 Å². The molecule has 1 heterocycles. The SMILES string of the molecule is Cc1nc2ccccc2nc1C(C#N)CBr. The number of aryl methyl sites for hydroxylation is 1. The zero-order valence-corrected chi connectivity index (χ0v) is 10.4. The van der Waals surface area contributed by atoms with E-state index in [0.29, 0.717) is 5.33 Å². The summed E-state index contributed by atoms with van der Waals surface area (Å²) in [6.45, 7) is 1.89. The molecule has 4 heteroatoms. The maximum absolute atomic E-state index is 9.03. The first kappa shape index (κ1) is 11.0. The third kappa shape index (κ3) is 1.91. The van der Waals surface area contributed by atoms with Gasteiger partial charge in [0.05, 0.1) is 34.4 Å². The van der Waals surface area contributed by atoms with Crippen LogP contribution in [0.5, 0.6) is 0 Å². The fraction of sp³-hybridized carbons (Fsp3) is 0.250. The first-order valence-corrected chi connectivity index (χ1v) is 6.07. The summed E-state index contributed by atoms with van der Waals surface area (Å²) >= 11 is 3.32. The highest BCUT2D eigenvalue weighted by Crippen LogP contribution is 2.20. The van der Waals surface area contributed by atoms with Crippen LogP contribution in [0.25, 0.3) is 11.0 Å². The molecular weight excluding hydrogens is 266 g/mol. The number of halogens is 1. The fourth-order valence-corrected chi connectivity index (χ4v) is 2.05. The van der Waals surface area contributed by atoms with Gasteiger partial charge in [-0.15, -0.1) is 0 Å². The summed E-state index contributed by atoms with van der Waals surface area (Å²) in [5, 5.41) is 9.61. The van der Waals surface area contributed by atoms with E-state index >= 15 is 0 Å². The Morgan fingerprint density at radius 2 is 1.94 bits per heavy atom. The zero-order valence-electron chi connectivity index (χ0n) is 8.81. The standard InChI is InChI=1S/C12H10BrN3/c1-8-12(9(6-13)7-14)16-11-5-3-2-4-10(11)15-8/h2-5,9H,6H2,1H3. The van der Waals surface area contributed by atoms with E-state index in [-0.39, 0.29) is 5.92 Å². The van der Waals surface area contributed by atoms with Gasteiger partial charge in [0.15, 0.2) is 0 Å². The Kier molecular flexibility index (Phi) is 3.16. The second-order valence-electron chi connectivity index (χ2n) is 3.52. The number of benzene rings is 1. The predicted octanol–water partition coefficient (Wildman–Crippen LogP) is 2.94. The number of nitriles is 1. The van der Waals surface area contributed by atoms with Crippen LogP contribution in [0.2, 0.25) is 0 Å². The number of aromatic nitrogens is 2. The average molecular weight is 276 g/mol. The lowest BCUT2D eigenvalue weighted by Gasteiger charge is -2.09. The molecule has 2 aromatic rings. The van der Waals surface area contributed by atoms with Crippen molar-refractivity contribution < 1.29 is 0 Å². The van der Waals surface area contributed by atoms with Crippen molar-refractivity contribution in [3.63, 3.8) is 0 Å². The molecule has 0 amide bonds. The minimum absolute atomic E-state index is 0.239. The van der Waals surface area contributed by atoms with Crippen LogP contribution in [-0.4, -0.2) is 15.3 Å². The lowest BCUT2D eigenvalue weighted by molar-refractivity contribution is 0.910. The third-order valence-electron chi connectivity index (χ3n) is 2.42. The van der Waals surface area contributed by atoms with Gasteiger partial charge in [-0.1, -0.05) is 28.1 Å². The van der Waals surface area contributed by atoms with Crippen molar-refractivity contribution in [3.8, 4) is 6.07 Å². The highest BCUT2D eigenvalue weighted by atomic mass is 79.9. The predicted molar refractivity (Wildman–Crippen MR) is 66.4 cm³/mol. The Balaban J connectivity index is 2.63. The van der Waals surface area contributed by atoms with E-state index < -0.39 is 0 Å². The number of hydrogen-bond acceptors (Lipinski definition) is 3. The van der Waals surface area contributed by atoms with Crippen molar-refractivity contribution in [1.82, 2.24) is 9.97 Å². The Morgan fingerprint density at radius 1 is 1.31 bits per heavy atom. The molecule has 80 valence electrons. The van der Waals surface area contributed by atoms with Crippen LogP contribution >= 0.6 is 15.9 Å². The molecule has 0 aliphatic carbocycles. The summed E-state index contributed by atoms with van der Waals surface area (Å²) in [6, 6.07) is 9.92. The van der Waals surface area contributed by atoms with Gasteiger partial charge in [-0.3, -0.25) is 0 Å². The van der Waals surface area contributed by atoms with E-state index in [0.717, 1.165) is 22.4 Å². The first-order valence-electron chi connectivity index (χ1n) is 4.95. The van der Waals surface area contributed by atoms with E-state index in [1.54, 1.807) is 0 Å². The largest absolute Gasteiger partial charge is 0.250 e. The molecule has 0 aliphatic rings. The fourth-order valence-electron chi connectivity index (χ4n) is 1.60. The van der Waals surface area contributed by atoms with Gasteiger partial charge in [-0.2, -0.15) is 5.26 Å². The van der Waals surface area contributed by atoms with Crippen LogP contribution < -0.4 is 0 Å². The summed E-state index contributed by atoms with van der Waals surface area (Å²) in [7, 11) is 0. The molecule has 0 aliphatic heterocycles. The summed E-state index contributed by atoms with van der Waals surface area (Å²) in [5.41, 5.74) is 3.29. The molecule has 0 saturated carbocycles. The molecule has 1 unspecified atom stereocenters. The quantitative estimate of drug-likeness (QED) is 0.792. The van der Waals surface area contributed by atoms with Gasteiger partial charge in [0, 0.05) is 5.33 Å². The van der Waals surface area contributed by atoms with Gasteiger partial charge in [-0.05, 0) is 19.1 Å². The first-order chi connectivity index (χ1) is 7.76. The monoisotopic (exact) mass is 275 g/mol. The maximum Gasteiger partial charge on any atom is 0.0999 e. The van der Waals surface area contributed by atoms with Gasteiger partial charge in [-0.25, -0.2) is 9.97 Å². The van der Waals surface area contributed by atoms with E-state index in [9.17, 15) is 0 Å². The topological polar surface area (TPSA) is 49.6 Å². The van der Waals surface area contributed by atoms with Crippen LogP contribution in [0.1, 0.15) is 17.3 Å². The lowest BCUT2D eigenvalue weighted by atomic mass is 10.1. The van der Waals surface area contributed by atoms with Crippen molar-refractivity contribution in [3.05, 3.63) is 35.7 Å².